The molecule has 0 N–H and O–H groups in total. The zero-order valence-corrected chi connectivity index (χ0v) is 9.91. The lowest BCUT2D eigenvalue weighted by molar-refractivity contribution is -0.122. The van der Waals surface area contributed by atoms with Crippen LogP contribution in [0.25, 0.3) is 0 Å². The van der Waals surface area contributed by atoms with Gasteiger partial charge in [0.25, 0.3) is 0 Å². The molecule has 0 aromatic rings. The average molecular weight is 206 g/mol. The first kappa shape index (κ1) is 12.2. The fourth-order valence-corrected chi connectivity index (χ4v) is 1.99. The first-order chi connectivity index (χ1) is 7.24. The minimum absolute atomic E-state index is 0.234. The van der Waals surface area contributed by atoms with Crippen LogP contribution in [0.5, 0.6) is 0 Å². The molecule has 0 saturated carbocycles. The minimum atomic E-state index is 0.234. The van der Waals surface area contributed by atoms with Crippen molar-refractivity contribution in [3.63, 3.8) is 0 Å². The van der Waals surface area contributed by atoms with Crippen LogP contribution in [0, 0.1) is 11.8 Å². The lowest BCUT2D eigenvalue weighted by atomic mass is 9.87. The monoisotopic (exact) mass is 206 g/mol. The summed E-state index contributed by atoms with van der Waals surface area (Å²) < 4.78 is 0. The van der Waals surface area contributed by atoms with Crippen molar-refractivity contribution < 1.29 is 4.79 Å². The Balaban J connectivity index is 2.28. The van der Waals surface area contributed by atoms with Gasteiger partial charge in [-0.25, -0.2) is 0 Å². The summed E-state index contributed by atoms with van der Waals surface area (Å²) in [6, 6.07) is 0. The molecule has 1 aliphatic rings. The number of rotatable bonds is 6. The van der Waals surface area contributed by atoms with Gasteiger partial charge in [0.1, 0.15) is 5.78 Å². The number of carbonyl (C=O) groups excluding carboxylic acids is 1. The molecule has 0 heterocycles. The van der Waals surface area contributed by atoms with Gasteiger partial charge in [-0.05, 0) is 25.2 Å². The van der Waals surface area contributed by atoms with Crippen LogP contribution in [-0.4, -0.2) is 5.78 Å². The van der Waals surface area contributed by atoms with Gasteiger partial charge < -0.3 is 0 Å². The van der Waals surface area contributed by atoms with Crippen molar-refractivity contribution in [1.29, 1.82) is 0 Å². The number of allylic oxidation sites excluding steroid dienone is 4. The van der Waals surface area contributed by atoms with E-state index in [1.165, 1.54) is 0 Å². The Morgan fingerprint density at radius 2 is 2.27 bits per heavy atom. The highest BCUT2D eigenvalue weighted by Gasteiger charge is 2.16. The molecule has 15 heavy (non-hydrogen) atoms. The molecule has 1 unspecified atom stereocenters. The number of hydrogen-bond acceptors (Lipinski definition) is 1. The van der Waals surface area contributed by atoms with Gasteiger partial charge in [-0.3, -0.25) is 4.79 Å². The molecule has 0 spiro atoms. The van der Waals surface area contributed by atoms with E-state index in [2.05, 4.69) is 38.2 Å². The standard InChI is InChI=1S/C14H22O/c1-3-4-10-14(15)12(2)11-13-8-6-5-7-9-13/h5-8,12-13H,3-4,9-11H2,1-2H3/t12-,13?/m0/s1. The fraction of sp³-hybridized carbons (Fsp3) is 0.643. The maximum Gasteiger partial charge on any atom is 0.135 e. The average Bonchev–Trinajstić information content (AvgIpc) is 2.27. The van der Waals surface area contributed by atoms with Crippen LogP contribution in [-0.2, 0) is 4.79 Å². The molecule has 1 rings (SSSR count). The van der Waals surface area contributed by atoms with E-state index in [0.717, 1.165) is 32.1 Å². The second kappa shape index (κ2) is 6.60. The van der Waals surface area contributed by atoms with Gasteiger partial charge in [-0.2, -0.15) is 0 Å². The van der Waals surface area contributed by atoms with Crippen molar-refractivity contribution in [1.82, 2.24) is 0 Å². The molecule has 0 fully saturated rings. The molecule has 0 saturated heterocycles. The third kappa shape index (κ3) is 4.46. The van der Waals surface area contributed by atoms with E-state index < -0.39 is 0 Å². The van der Waals surface area contributed by atoms with Crippen LogP contribution in [0.4, 0.5) is 0 Å². The SMILES string of the molecule is CCCCC(=O)[C@@H](C)CC1C=CC=CC1. The summed E-state index contributed by atoms with van der Waals surface area (Å²) >= 11 is 0. The lowest BCUT2D eigenvalue weighted by Crippen LogP contribution is -2.14. The first-order valence-corrected chi connectivity index (χ1v) is 6.10. The van der Waals surface area contributed by atoms with E-state index in [1.807, 2.05) is 0 Å². The van der Waals surface area contributed by atoms with Crippen LogP contribution in [0.15, 0.2) is 24.3 Å². The highest BCUT2D eigenvalue weighted by molar-refractivity contribution is 5.80. The van der Waals surface area contributed by atoms with Crippen LogP contribution in [0.1, 0.15) is 46.0 Å². The summed E-state index contributed by atoms with van der Waals surface area (Å²) in [5.74, 6) is 1.26. The molecule has 0 radical (unpaired) electrons. The normalized spacial score (nSPS) is 21.6. The first-order valence-electron chi connectivity index (χ1n) is 6.10. The lowest BCUT2D eigenvalue weighted by Gasteiger charge is -2.17. The fourth-order valence-electron chi connectivity index (χ4n) is 1.99. The number of carbonyl (C=O) groups is 1. The topological polar surface area (TPSA) is 17.1 Å². The quantitative estimate of drug-likeness (QED) is 0.644. The third-order valence-electron chi connectivity index (χ3n) is 3.05. The molecule has 0 bridgehead atoms. The predicted octanol–water partition coefficient (Wildman–Crippen LogP) is 3.90. The maximum atomic E-state index is 11.7. The maximum absolute atomic E-state index is 11.7. The summed E-state index contributed by atoms with van der Waals surface area (Å²) in [7, 11) is 0. The summed E-state index contributed by atoms with van der Waals surface area (Å²) in [6.07, 6.45) is 13.6. The molecule has 1 heteroatoms. The van der Waals surface area contributed by atoms with Gasteiger partial charge in [0.05, 0.1) is 0 Å². The number of hydrogen-bond donors (Lipinski definition) is 0. The smallest absolute Gasteiger partial charge is 0.135 e. The number of ketones is 1. The van der Waals surface area contributed by atoms with Gasteiger partial charge in [0, 0.05) is 12.3 Å². The van der Waals surface area contributed by atoms with Crippen molar-refractivity contribution in [3.05, 3.63) is 24.3 Å². The van der Waals surface area contributed by atoms with Gasteiger partial charge in [-0.15, -0.1) is 0 Å². The van der Waals surface area contributed by atoms with Crippen LogP contribution >= 0.6 is 0 Å². The highest BCUT2D eigenvalue weighted by Crippen LogP contribution is 2.22. The van der Waals surface area contributed by atoms with Gasteiger partial charge in [0.2, 0.25) is 0 Å². The van der Waals surface area contributed by atoms with E-state index in [9.17, 15) is 4.79 Å². The van der Waals surface area contributed by atoms with Crippen LogP contribution in [0.3, 0.4) is 0 Å². The summed E-state index contributed by atoms with van der Waals surface area (Å²) in [4.78, 5) is 11.7. The molecule has 0 amide bonds. The van der Waals surface area contributed by atoms with Crippen molar-refractivity contribution in [2.75, 3.05) is 0 Å². The summed E-state index contributed by atoms with van der Waals surface area (Å²) in [5, 5.41) is 0. The minimum Gasteiger partial charge on any atom is -0.299 e. The van der Waals surface area contributed by atoms with Crippen molar-refractivity contribution in [2.24, 2.45) is 11.8 Å². The second-order valence-corrected chi connectivity index (χ2v) is 4.52. The molecule has 1 nitrogen and oxygen atoms in total. The molecule has 0 aromatic heterocycles. The van der Waals surface area contributed by atoms with Crippen molar-refractivity contribution in [2.45, 2.75) is 46.0 Å². The van der Waals surface area contributed by atoms with E-state index in [1.54, 1.807) is 0 Å². The molecule has 0 aromatic carbocycles. The zero-order valence-electron chi connectivity index (χ0n) is 9.91. The molecule has 84 valence electrons. The van der Waals surface area contributed by atoms with Gasteiger partial charge >= 0.3 is 0 Å². The number of Topliss-reactive ketones (excluding diaryl/α,β-unsaturated/α-hetero) is 1. The third-order valence-corrected chi connectivity index (χ3v) is 3.05. The van der Waals surface area contributed by atoms with E-state index in [4.69, 9.17) is 0 Å². The van der Waals surface area contributed by atoms with Crippen molar-refractivity contribution in [3.8, 4) is 0 Å². The van der Waals surface area contributed by atoms with Gasteiger partial charge in [-0.1, -0.05) is 44.6 Å². The van der Waals surface area contributed by atoms with Gasteiger partial charge in [0.15, 0.2) is 0 Å². The predicted molar refractivity (Wildman–Crippen MR) is 64.7 cm³/mol. The number of unbranched alkanes of at least 4 members (excludes halogenated alkanes) is 1. The Hall–Kier alpha value is -0.850. The molecule has 0 aliphatic heterocycles. The second-order valence-electron chi connectivity index (χ2n) is 4.52. The highest BCUT2D eigenvalue weighted by atomic mass is 16.1. The Labute approximate surface area is 93.3 Å². The Kier molecular flexibility index (Phi) is 5.38. The van der Waals surface area contributed by atoms with E-state index >= 15 is 0 Å². The summed E-state index contributed by atoms with van der Waals surface area (Å²) in [5.41, 5.74) is 0. The Bertz CT molecular complexity index is 250. The van der Waals surface area contributed by atoms with Crippen LogP contribution < -0.4 is 0 Å². The molecule has 2 atom stereocenters. The molecular weight excluding hydrogens is 184 g/mol. The largest absolute Gasteiger partial charge is 0.299 e. The Morgan fingerprint density at radius 3 is 2.87 bits per heavy atom. The molecule has 1 aliphatic carbocycles. The van der Waals surface area contributed by atoms with E-state index in [0.29, 0.717) is 11.7 Å². The summed E-state index contributed by atoms with van der Waals surface area (Å²) in [6.45, 7) is 4.21. The van der Waals surface area contributed by atoms with Crippen LogP contribution in [0.2, 0.25) is 0 Å². The van der Waals surface area contributed by atoms with Crippen molar-refractivity contribution >= 4 is 5.78 Å². The Morgan fingerprint density at radius 1 is 1.47 bits per heavy atom. The molecular formula is C14H22O. The zero-order chi connectivity index (χ0) is 11.1. The van der Waals surface area contributed by atoms with E-state index in [-0.39, 0.29) is 5.92 Å².